The lowest BCUT2D eigenvalue weighted by atomic mass is 9.98. The van der Waals surface area contributed by atoms with Crippen LogP contribution in [0.5, 0.6) is 0 Å². The number of hydrogen-bond acceptors (Lipinski definition) is 6. The van der Waals surface area contributed by atoms with Gasteiger partial charge in [-0.05, 0) is 67.1 Å². The maximum Gasteiger partial charge on any atom is 0.410 e. The Balaban J connectivity index is 1.45. The molecule has 3 amide bonds. The summed E-state index contributed by atoms with van der Waals surface area (Å²) in [5.74, 6) is -2.12. The molecule has 2 N–H and O–H groups in total. The third kappa shape index (κ3) is 8.78. The molecule has 1 aliphatic rings. The quantitative estimate of drug-likeness (QED) is 0.263. The zero-order valence-corrected chi connectivity index (χ0v) is 27.4. The number of likely N-dealkylation sites (N-methyl/N-ethyl adjacent to an activating group) is 2. The number of amides is 3. The van der Waals surface area contributed by atoms with Gasteiger partial charge in [0.25, 0.3) is 0 Å². The molecule has 11 heteroatoms. The Kier molecular flexibility index (Phi) is 11.0. The molecule has 0 spiro atoms. The minimum Gasteiger partial charge on any atom is -0.481 e. The number of nitrogens with one attached hydrogen (secondary N) is 1. The van der Waals surface area contributed by atoms with Crippen LogP contribution in [0.25, 0.3) is 11.1 Å². The Morgan fingerprint density at radius 3 is 2.02 bits per heavy atom. The molecule has 0 saturated carbocycles. The molecule has 0 radical (unpaired) electrons. The van der Waals surface area contributed by atoms with E-state index >= 15 is 0 Å². The lowest BCUT2D eigenvalue weighted by Gasteiger charge is -2.34. The van der Waals surface area contributed by atoms with Gasteiger partial charge in [-0.1, -0.05) is 72.3 Å². The van der Waals surface area contributed by atoms with Crippen LogP contribution in [0.1, 0.15) is 49.8 Å². The lowest BCUT2D eigenvalue weighted by molar-refractivity contribution is -0.142. The van der Waals surface area contributed by atoms with Crippen molar-refractivity contribution in [2.45, 2.75) is 57.2 Å². The predicted octanol–water partition coefficient (Wildman–Crippen LogP) is 5.96. The summed E-state index contributed by atoms with van der Waals surface area (Å²) in [7, 11) is 3.07. The minimum atomic E-state index is -1.40. The van der Waals surface area contributed by atoms with Gasteiger partial charge in [0.1, 0.15) is 18.2 Å². The normalized spacial score (nSPS) is 13.5. The van der Waals surface area contributed by atoms with Gasteiger partial charge >= 0.3 is 18.2 Å². The van der Waals surface area contributed by atoms with Crippen LogP contribution in [0.15, 0.2) is 72.8 Å². The first-order chi connectivity index (χ1) is 21.7. The van der Waals surface area contributed by atoms with E-state index in [9.17, 15) is 24.3 Å². The third-order valence-corrected chi connectivity index (χ3v) is 8.04. The first-order valence-electron chi connectivity index (χ1n) is 15.0. The average Bonchev–Trinajstić information content (AvgIpc) is 3.32. The highest BCUT2D eigenvalue weighted by molar-refractivity contribution is 6.30. The van der Waals surface area contributed by atoms with Crippen molar-refractivity contribution in [1.29, 1.82) is 0 Å². The summed E-state index contributed by atoms with van der Waals surface area (Å²) in [6.45, 7) is 5.31. The largest absolute Gasteiger partial charge is 0.481 e. The van der Waals surface area contributed by atoms with E-state index in [1.165, 1.54) is 16.8 Å². The SMILES string of the molecule is CN(CC(Cc1ccc(Cl)cc1)N(C)C(=O)OC(C)(C)C)C(=O)C(CC(=O)O)NC(=O)OCC1c2ccccc2-c2ccccc21. The first-order valence-corrected chi connectivity index (χ1v) is 15.4. The van der Waals surface area contributed by atoms with Gasteiger partial charge in [0.15, 0.2) is 0 Å². The molecular weight excluding hydrogens is 610 g/mol. The number of benzene rings is 3. The van der Waals surface area contributed by atoms with Crippen LogP contribution >= 0.6 is 11.6 Å². The second-order valence-electron chi connectivity index (χ2n) is 12.4. The van der Waals surface area contributed by atoms with Crippen LogP contribution in [0.3, 0.4) is 0 Å². The smallest absolute Gasteiger partial charge is 0.410 e. The number of rotatable bonds is 11. The lowest BCUT2D eigenvalue weighted by Crippen LogP contribution is -2.53. The van der Waals surface area contributed by atoms with Crippen molar-refractivity contribution in [3.05, 3.63) is 94.5 Å². The molecular formula is C35H40ClN3O7. The molecule has 3 aromatic rings. The summed E-state index contributed by atoms with van der Waals surface area (Å²) in [6, 6.07) is 20.9. The number of aliphatic carboxylic acids is 1. The zero-order chi connectivity index (χ0) is 33.6. The monoisotopic (exact) mass is 649 g/mol. The summed E-state index contributed by atoms with van der Waals surface area (Å²) in [4.78, 5) is 54.0. The second kappa shape index (κ2) is 14.7. The molecule has 2 atom stereocenters. The Labute approximate surface area is 274 Å². The van der Waals surface area contributed by atoms with Crippen molar-refractivity contribution < 1.29 is 33.8 Å². The Bertz CT molecular complexity index is 1530. The molecule has 0 fully saturated rings. The van der Waals surface area contributed by atoms with E-state index in [0.717, 1.165) is 27.8 Å². The van der Waals surface area contributed by atoms with Crippen LogP contribution in [0.2, 0.25) is 5.02 Å². The molecule has 0 aromatic heterocycles. The topological polar surface area (TPSA) is 125 Å². The van der Waals surface area contributed by atoms with Gasteiger partial charge in [-0.25, -0.2) is 9.59 Å². The number of halogens is 1. The van der Waals surface area contributed by atoms with Gasteiger partial charge in [-0.15, -0.1) is 0 Å². The van der Waals surface area contributed by atoms with Gasteiger partial charge in [0, 0.05) is 31.6 Å². The third-order valence-electron chi connectivity index (χ3n) is 7.79. The molecule has 0 aliphatic heterocycles. The number of nitrogens with zero attached hydrogens (tertiary/aromatic N) is 2. The van der Waals surface area contributed by atoms with Crippen molar-refractivity contribution in [2.24, 2.45) is 0 Å². The number of carbonyl (C=O) groups is 4. The molecule has 4 rings (SSSR count). The van der Waals surface area contributed by atoms with Crippen LogP contribution in [0.4, 0.5) is 9.59 Å². The fourth-order valence-corrected chi connectivity index (χ4v) is 5.65. The Hall–Kier alpha value is -4.57. The van der Waals surface area contributed by atoms with E-state index in [0.29, 0.717) is 11.4 Å². The van der Waals surface area contributed by atoms with Crippen LogP contribution in [0, 0.1) is 0 Å². The molecule has 0 heterocycles. The van der Waals surface area contributed by atoms with E-state index in [1.54, 1.807) is 40.0 Å². The summed E-state index contributed by atoms with van der Waals surface area (Å²) in [5, 5.41) is 12.6. The van der Waals surface area contributed by atoms with Crippen molar-refractivity contribution in [1.82, 2.24) is 15.1 Å². The number of carboxylic acids is 1. The second-order valence-corrected chi connectivity index (χ2v) is 12.9. The number of carboxylic acid groups (broad SMARTS) is 1. The van der Waals surface area contributed by atoms with Crippen molar-refractivity contribution in [2.75, 3.05) is 27.2 Å². The van der Waals surface area contributed by atoms with Gasteiger partial charge < -0.3 is 29.7 Å². The van der Waals surface area contributed by atoms with Gasteiger partial charge in [0.05, 0.1) is 12.5 Å². The number of hydrogen-bond donors (Lipinski definition) is 2. The molecule has 0 saturated heterocycles. The predicted molar refractivity (Wildman–Crippen MR) is 175 cm³/mol. The summed E-state index contributed by atoms with van der Waals surface area (Å²) >= 11 is 6.05. The number of ether oxygens (including phenoxy) is 2. The fourth-order valence-electron chi connectivity index (χ4n) is 5.53. The highest BCUT2D eigenvalue weighted by atomic mass is 35.5. The standard InChI is InChI=1S/C35H40ClN3O7/c1-35(2,3)46-34(44)39(5)24(18-22-14-16-23(36)17-15-22)20-38(4)32(42)30(19-31(40)41)37-33(43)45-21-29-27-12-8-6-10-25(27)26-11-7-9-13-28(26)29/h6-17,24,29-30H,18-21H2,1-5H3,(H,37,43)(H,40,41). The maximum absolute atomic E-state index is 13.6. The van der Waals surface area contributed by atoms with E-state index in [-0.39, 0.29) is 19.1 Å². The average molecular weight is 650 g/mol. The van der Waals surface area contributed by atoms with E-state index in [4.69, 9.17) is 21.1 Å². The molecule has 46 heavy (non-hydrogen) atoms. The Morgan fingerprint density at radius 1 is 0.913 bits per heavy atom. The molecule has 10 nitrogen and oxygen atoms in total. The molecule has 1 aliphatic carbocycles. The number of carbonyl (C=O) groups excluding carboxylic acids is 3. The highest BCUT2D eigenvalue weighted by Crippen LogP contribution is 2.44. The van der Waals surface area contributed by atoms with E-state index in [1.807, 2.05) is 60.7 Å². The van der Waals surface area contributed by atoms with Crippen molar-refractivity contribution in [3.8, 4) is 11.1 Å². The summed E-state index contributed by atoms with van der Waals surface area (Å²) in [5.41, 5.74) is 4.31. The van der Waals surface area contributed by atoms with Crippen molar-refractivity contribution >= 4 is 35.7 Å². The maximum atomic E-state index is 13.6. The van der Waals surface area contributed by atoms with Gasteiger partial charge in [0.2, 0.25) is 5.91 Å². The zero-order valence-electron chi connectivity index (χ0n) is 26.7. The summed E-state index contributed by atoms with van der Waals surface area (Å²) < 4.78 is 11.1. The number of fused-ring (bicyclic) bond motifs is 3. The Morgan fingerprint density at radius 2 is 1.48 bits per heavy atom. The molecule has 0 bridgehead atoms. The van der Waals surface area contributed by atoms with Gasteiger partial charge in [-0.3, -0.25) is 9.59 Å². The molecule has 244 valence electrons. The fraction of sp³-hybridized carbons (Fsp3) is 0.371. The molecule has 3 aromatic carbocycles. The summed E-state index contributed by atoms with van der Waals surface area (Å²) in [6.07, 6.45) is -1.78. The van der Waals surface area contributed by atoms with E-state index in [2.05, 4.69) is 5.32 Å². The van der Waals surface area contributed by atoms with Crippen LogP contribution in [-0.2, 0) is 25.5 Å². The van der Waals surface area contributed by atoms with Crippen LogP contribution < -0.4 is 5.32 Å². The molecule has 2 unspecified atom stereocenters. The first kappa shape index (κ1) is 34.3. The van der Waals surface area contributed by atoms with Crippen molar-refractivity contribution in [3.63, 3.8) is 0 Å². The van der Waals surface area contributed by atoms with Gasteiger partial charge in [-0.2, -0.15) is 0 Å². The number of alkyl carbamates (subject to hydrolysis) is 1. The highest BCUT2D eigenvalue weighted by Gasteiger charge is 2.33. The van der Waals surface area contributed by atoms with E-state index < -0.39 is 48.2 Å². The minimum absolute atomic E-state index is 0.00747. The van der Waals surface area contributed by atoms with Crippen LogP contribution in [-0.4, -0.2) is 83.9 Å².